The van der Waals surface area contributed by atoms with Crippen molar-refractivity contribution in [1.82, 2.24) is 0 Å². The Balaban J connectivity index is 1.99. The fourth-order valence-electron chi connectivity index (χ4n) is 1.41. The summed E-state index contributed by atoms with van der Waals surface area (Å²) in [5.74, 6) is 1.84. The van der Waals surface area contributed by atoms with Gasteiger partial charge in [0.05, 0.1) is 6.61 Å². The van der Waals surface area contributed by atoms with E-state index in [0.29, 0.717) is 0 Å². The molecule has 0 spiro atoms. The molecule has 0 atom stereocenters. The van der Waals surface area contributed by atoms with E-state index in [1.54, 1.807) is 0 Å². The van der Waals surface area contributed by atoms with Gasteiger partial charge in [0.15, 0.2) is 0 Å². The van der Waals surface area contributed by atoms with E-state index in [0.717, 1.165) is 23.6 Å². The Kier molecular flexibility index (Phi) is 3.12. The van der Waals surface area contributed by atoms with Gasteiger partial charge in [-0.05, 0) is 48.9 Å². The van der Waals surface area contributed by atoms with Gasteiger partial charge in [-0.3, -0.25) is 0 Å². The van der Waals surface area contributed by atoms with Crippen molar-refractivity contribution in [2.45, 2.75) is 25.1 Å². The summed E-state index contributed by atoms with van der Waals surface area (Å²) in [6.45, 7) is 3.02. The number of aryl methyl sites for hydroxylation is 1. The maximum Gasteiger partial charge on any atom is 0.119 e. The Morgan fingerprint density at radius 3 is 2.79 bits per heavy atom. The number of rotatable bonds is 4. The molecule has 0 amide bonds. The molecular weight excluding hydrogens is 240 g/mol. The zero-order valence-corrected chi connectivity index (χ0v) is 10.0. The van der Waals surface area contributed by atoms with Gasteiger partial charge in [0.25, 0.3) is 0 Å². The molecule has 0 aromatic heterocycles. The Labute approximate surface area is 93.6 Å². The normalized spacial score (nSPS) is 15.6. The highest BCUT2D eigenvalue weighted by Crippen LogP contribution is 2.30. The van der Waals surface area contributed by atoms with E-state index >= 15 is 0 Å². The van der Waals surface area contributed by atoms with Crippen LogP contribution in [-0.4, -0.2) is 6.61 Å². The predicted molar refractivity (Wildman–Crippen MR) is 62.0 cm³/mol. The van der Waals surface area contributed by atoms with Crippen molar-refractivity contribution in [3.8, 4) is 5.75 Å². The average Bonchev–Trinajstić information content (AvgIpc) is 2.98. The van der Waals surface area contributed by atoms with Gasteiger partial charge >= 0.3 is 0 Å². The molecule has 1 aliphatic carbocycles. The summed E-state index contributed by atoms with van der Waals surface area (Å²) in [4.78, 5) is 0. The van der Waals surface area contributed by atoms with Crippen LogP contribution >= 0.6 is 15.9 Å². The zero-order valence-electron chi connectivity index (χ0n) is 8.42. The predicted octanol–water partition coefficient (Wildman–Crippen LogP) is 3.68. The van der Waals surface area contributed by atoms with Gasteiger partial charge in [0.2, 0.25) is 0 Å². The minimum absolute atomic E-state index is 0.825. The minimum atomic E-state index is 0.825. The first kappa shape index (κ1) is 10.0. The van der Waals surface area contributed by atoms with Gasteiger partial charge in [-0.2, -0.15) is 0 Å². The smallest absolute Gasteiger partial charge is 0.119 e. The van der Waals surface area contributed by atoms with E-state index in [1.807, 2.05) is 0 Å². The maximum atomic E-state index is 5.69. The molecule has 14 heavy (non-hydrogen) atoms. The number of benzene rings is 1. The molecule has 1 fully saturated rings. The largest absolute Gasteiger partial charge is 0.493 e. The topological polar surface area (TPSA) is 9.23 Å². The summed E-state index contributed by atoms with van der Waals surface area (Å²) in [5, 5.41) is 0.918. The van der Waals surface area contributed by atoms with Gasteiger partial charge in [0.1, 0.15) is 5.75 Å². The van der Waals surface area contributed by atoms with Gasteiger partial charge in [-0.1, -0.05) is 22.0 Å². The fourth-order valence-corrected chi connectivity index (χ4v) is 2.04. The third-order valence-electron chi connectivity index (χ3n) is 2.64. The lowest BCUT2D eigenvalue weighted by Gasteiger charge is -2.08. The molecule has 1 saturated carbocycles. The van der Waals surface area contributed by atoms with E-state index in [4.69, 9.17) is 4.74 Å². The molecular formula is C12H15BrO. The monoisotopic (exact) mass is 254 g/mol. The first-order chi connectivity index (χ1) is 6.79. The molecule has 1 aromatic carbocycles. The second-order valence-corrected chi connectivity index (χ2v) is 4.54. The maximum absolute atomic E-state index is 5.69. The Morgan fingerprint density at radius 1 is 1.43 bits per heavy atom. The van der Waals surface area contributed by atoms with Crippen LogP contribution in [0.15, 0.2) is 18.2 Å². The first-order valence-corrected chi connectivity index (χ1v) is 6.20. The lowest BCUT2D eigenvalue weighted by Crippen LogP contribution is -1.99. The van der Waals surface area contributed by atoms with Crippen LogP contribution in [-0.2, 0) is 5.33 Å². The lowest BCUT2D eigenvalue weighted by molar-refractivity contribution is 0.299. The fraction of sp³-hybridized carbons (Fsp3) is 0.500. The van der Waals surface area contributed by atoms with Gasteiger partial charge in [-0.15, -0.1) is 0 Å². The molecule has 1 aliphatic rings. The van der Waals surface area contributed by atoms with Crippen molar-refractivity contribution in [2.24, 2.45) is 5.92 Å². The van der Waals surface area contributed by atoms with Crippen molar-refractivity contribution in [3.05, 3.63) is 29.3 Å². The van der Waals surface area contributed by atoms with Crippen molar-refractivity contribution < 1.29 is 4.74 Å². The van der Waals surface area contributed by atoms with E-state index in [1.165, 1.54) is 24.0 Å². The molecule has 1 aromatic rings. The molecule has 0 heterocycles. The summed E-state index contributed by atoms with van der Waals surface area (Å²) < 4.78 is 5.69. The Hall–Kier alpha value is -0.500. The Bertz CT molecular complexity index is 318. The molecule has 76 valence electrons. The molecule has 0 unspecified atom stereocenters. The van der Waals surface area contributed by atoms with Crippen LogP contribution in [0.3, 0.4) is 0 Å². The number of halogens is 1. The summed E-state index contributed by atoms with van der Waals surface area (Å²) in [7, 11) is 0. The van der Waals surface area contributed by atoms with E-state index in [2.05, 4.69) is 41.1 Å². The van der Waals surface area contributed by atoms with Crippen molar-refractivity contribution in [3.63, 3.8) is 0 Å². The summed E-state index contributed by atoms with van der Waals surface area (Å²) in [6.07, 6.45) is 2.69. The van der Waals surface area contributed by atoms with Crippen LogP contribution in [0, 0.1) is 12.8 Å². The first-order valence-electron chi connectivity index (χ1n) is 5.08. The minimum Gasteiger partial charge on any atom is -0.493 e. The molecule has 0 radical (unpaired) electrons. The van der Waals surface area contributed by atoms with Crippen LogP contribution in [0.25, 0.3) is 0 Å². The van der Waals surface area contributed by atoms with E-state index < -0.39 is 0 Å². The van der Waals surface area contributed by atoms with Crippen LogP contribution in [0.5, 0.6) is 5.75 Å². The van der Waals surface area contributed by atoms with Crippen molar-refractivity contribution in [1.29, 1.82) is 0 Å². The van der Waals surface area contributed by atoms with Gasteiger partial charge in [-0.25, -0.2) is 0 Å². The quantitative estimate of drug-likeness (QED) is 0.746. The highest BCUT2D eigenvalue weighted by atomic mass is 79.9. The molecule has 0 bridgehead atoms. The second-order valence-electron chi connectivity index (χ2n) is 3.98. The summed E-state index contributed by atoms with van der Waals surface area (Å²) in [6, 6.07) is 6.32. The third kappa shape index (κ3) is 2.50. The SMILES string of the molecule is Cc1cc(OCC2CC2)ccc1CBr. The van der Waals surface area contributed by atoms with Crippen LogP contribution in [0.4, 0.5) is 0 Å². The molecule has 0 aliphatic heterocycles. The zero-order chi connectivity index (χ0) is 9.97. The van der Waals surface area contributed by atoms with Crippen molar-refractivity contribution in [2.75, 3.05) is 6.61 Å². The Morgan fingerprint density at radius 2 is 2.21 bits per heavy atom. The van der Waals surface area contributed by atoms with E-state index in [-0.39, 0.29) is 0 Å². The standard InChI is InChI=1S/C12H15BrO/c1-9-6-12(5-4-11(9)7-13)14-8-10-2-3-10/h4-6,10H,2-3,7-8H2,1H3. The van der Waals surface area contributed by atoms with Crippen molar-refractivity contribution >= 4 is 15.9 Å². The summed E-state index contributed by atoms with van der Waals surface area (Å²) in [5.41, 5.74) is 2.64. The van der Waals surface area contributed by atoms with Gasteiger partial charge in [0, 0.05) is 5.33 Å². The molecule has 1 nitrogen and oxygen atoms in total. The van der Waals surface area contributed by atoms with E-state index in [9.17, 15) is 0 Å². The molecule has 2 rings (SSSR count). The summed E-state index contributed by atoms with van der Waals surface area (Å²) >= 11 is 3.46. The van der Waals surface area contributed by atoms with Gasteiger partial charge < -0.3 is 4.74 Å². The van der Waals surface area contributed by atoms with Crippen LogP contribution < -0.4 is 4.74 Å². The number of alkyl halides is 1. The van der Waals surface area contributed by atoms with Crippen LogP contribution in [0.2, 0.25) is 0 Å². The highest BCUT2D eigenvalue weighted by molar-refractivity contribution is 9.08. The second kappa shape index (κ2) is 4.35. The lowest BCUT2D eigenvalue weighted by atomic mass is 10.1. The third-order valence-corrected chi connectivity index (χ3v) is 3.24. The molecule has 0 saturated heterocycles. The number of ether oxygens (including phenoxy) is 1. The number of hydrogen-bond acceptors (Lipinski definition) is 1. The molecule has 0 N–H and O–H groups in total. The number of hydrogen-bond donors (Lipinski definition) is 0. The highest BCUT2D eigenvalue weighted by Gasteiger charge is 2.21. The van der Waals surface area contributed by atoms with Crippen LogP contribution in [0.1, 0.15) is 24.0 Å². The average molecular weight is 255 g/mol. The molecule has 2 heteroatoms.